The molecule has 1 aromatic heterocycles. The fourth-order valence-electron chi connectivity index (χ4n) is 3.41. The van der Waals surface area contributed by atoms with Crippen molar-refractivity contribution in [2.24, 2.45) is 0 Å². The fourth-order valence-corrected chi connectivity index (χ4v) is 3.41. The average molecular weight is 299 g/mol. The molecule has 4 aromatic rings. The van der Waals surface area contributed by atoms with Crippen LogP contribution in [0, 0.1) is 13.8 Å². The SMILES string of the molecule is Cc1cccc(C)c1-n1c(=O)c2ccccc2c2ccccc21. The normalized spacial score (nSPS) is 11.2. The lowest BCUT2D eigenvalue weighted by atomic mass is 10.0. The van der Waals surface area contributed by atoms with Crippen molar-refractivity contribution < 1.29 is 0 Å². The summed E-state index contributed by atoms with van der Waals surface area (Å²) < 4.78 is 1.86. The molecule has 2 heteroatoms. The number of pyridine rings is 1. The van der Waals surface area contributed by atoms with Gasteiger partial charge in [-0.2, -0.15) is 0 Å². The largest absolute Gasteiger partial charge is 0.276 e. The number of aryl methyl sites for hydroxylation is 2. The quantitative estimate of drug-likeness (QED) is 0.464. The maximum atomic E-state index is 13.2. The predicted octanol–water partition coefficient (Wildman–Crippen LogP) is 4.76. The number of para-hydroxylation sites is 2. The lowest BCUT2D eigenvalue weighted by molar-refractivity contribution is 1.03. The van der Waals surface area contributed by atoms with E-state index in [1.165, 1.54) is 0 Å². The fraction of sp³-hybridized carbons (Fsp3) is 0.0952. The molecular formula is C21H17NO. The molecule has 112 valence electrons. The third-order valence-corrected chi connectivity index (χ3v) is 4.46. The molecule has 0 aliphatic carbocycles. The van der Waals surface area contributed by atoms with Crippen molar-refractivity contribution in [1.82, 2.24) is 4.57 Å². The minimum atomic E-state index is 0.0386. The van der Waals surface area contributed by atoms with E-state index < -0.39 is 0 Å². The van der Waals surface area contributed by atoms with Gasteiger partial charge in [0.1, 0.15) is 0 Å². The Morgan fingerprint density at radius 1 is 0.652 bits per heavy atom. The maximum absolute atomic E-state index is 13.2. The highest BCUT2D eigenvalue weighted by molar-refractivity contribution is 6.06. The highest BCUT2D eigenvalue weighted by Gasteiger charge is 2.14. The van der Waals surface area contributed by atoms with Crippen LogP contribution in [-0.2, 0) is 0 Å². The zero-order valence-corrected chi connectivity index (χ0v) is 13.2. The van der Waals surface area contributed by atoms with Crippen molar-refractivity contribution in [1.29, 1.82) is 0 Å². The van der Waals surface area contributed by atoms with Gasteiger partial charge in [0.05, 0.1) is 11.2 Å². The Morgan fingerprint density at radius 2 is 1.22 bits per heavy atom. The number of fused-ring (bicyclic) bond motifs is 3. The van der Waals surface area contributed by atoms with Crippen molar-refractivity contribution in [3.8, 4) is 5.69 Å². The number of nitrogens with zero attached hydrogens (tertiary/aromatic N) is 1. The highest BCUT2D eigenvalue weighted by atomic mass is 16.1. The van der Waals surface area contributed by atoms with Gasteiger partial charge in [-0.15, -0.1) is 0 Å². The molecule has 3 aromatic carbocycles. The van der Waals surface area contributed by atoms with Crippen LogP contribution < -0.4 is 5.56 Å². The summed E-state index contributed by atoms with van der Waals surface area (Å²) in [4.78, 5) is 13.2. The van der Waals surface area contributed by atoms with Gasteiger partial charge in [-0.05, 0) is 42.5 Å². The van der Waals surface area contributed by atoms with Gasteiger partial charge >= 0.3 is 0 Å². The smallest absolute Gasteiger partial charge is 0.263 e. The lowest BCUT2D eigenvalue weighted by Crippen LogP contribution is -2.20. The van der Waals surface area contributed by atoms with Crippen molar-refractivity contribution >= 4 is 21.7 Å². The first-order chi connectivity index (χ1) is 11.2. The van der Waals surface area contributed by atoms with E-state index in [1.807, 2.05) is 53.1 Å². The molecule has 23 heavy (non-hydrogen) atoms. The molecule has 0 atom stereocenters. The Balaban J connectivity index is 2.31. The molecule has 0 radical (unpaired) electrons. The highest BCUT2D eigenvalue weighted by Crippen LogP contribution is 2.27. The van der Waals surface area contributed by atoms with Gasteiger partial charge in [-0.25, -0.2) is 0 Å². The van der Waals surface area contributed by atoms with Gasteiger partial charge in [-0.1, -0.05) is 54.6 Å². The molecule has 1 heterocycles. The number of hydrogen-bond acceptors (Lipinski definition) is 1. The molecule has 0 saturated carbocycles. The molecule has 0 aliphatic rings. The van der Waals surface area contributed by atoms with Crippen LogP contribution in [0.15, 0.2) is 71.5 Å². The molecular weight excluding hydrogens is 282 g/mol. The number of aromatic nitrogens is 1. The summed E-state index contributed by atoms with van der Waals surface area (Å²) in [5.41, 5.74) is 4.19. The van der Waals surface area contributed by atoms with Crippen LogP contribution in [0.5, 0.6) is 0 Å². The van der Waals surface area contributed by atoms with Crippen LogP contribution in [0.4, 0.5) is 0 Å². The molecule has 0 fully saturated rings. The molecule has 0 saturated heterocycles. The molecule has 4 rings (SSSR count). The van der Waals surface area contributed by atoms with Crippen molar-refractivity contribution in [2.75, 3.05) is 0 Å². The van der Waals surface area contributed by atoms with Crippen LogP contribution >= 0.6 is 0 Å². The van der Waals surface area contributed by atoms with Crippen molar-refractivity contribution in [3.05, 3.63) is 88.2 Å². The second kappa shape index (κ2) is 5.10. The molecule has 0 aliphatic heterocycles. The summed E-state index contributed by atoms with van der Waals surface area (Å²) in [5.74, 6) is 0. The molecule has 2 nitrogen and oxygen atoms in total. The van der Waals surface area contributed by atoms with E-state index >= 15 is 0 Å². The summed E-state index contributed by atoms with van der Waals surface area (Å²) in [5, 5.41) is 2.87. The van der Waals surface area contributed by atoms with E-state index in [9.17, 15) is 4.79 Å². The number of benzene rings is 3. The predicted molar refractivity (Wildman–Crippen MR) is 96.5 cm³/mol. The zero-order chi connectivity index (χ0) is 16.0. The third kappa shape index (κ3) is 1.99. The monoisotopic (exact) mass is 299 g/mol. The van der Waals surface area contributed by atoms with Crippen LogP contribution in [0.2, 0.25) is 0 Å². The lowest BCUT2D eigenvalue weighted by Gasteiger charge is -2.17. The summed E-state index contributed by atoms with van der Waals surface area (Å²) in [7, 11) is 0. The Labute approximate surface area is 134 Å². The average Bonchev–Trinajstić information content (AvgIpc) is 2.57. The van der Waals surface area contributed by atoms with Gasteiger partial charge in [-0.3, -0.25) is 9.36 Å². The maximum Gasteiger partial charge on any atom is 0.263 e. The first-order valence-electron chi connectivity index (χ1n) is 7.77. The minimum Gasteiger partial charge on any atom is -0.276 e. The van der Waals surface area contributed by atoms with Gasteiger partial charge < -0.3 is 0 Å². The summed E-state index contributed by atoms with van der Waals surface area (Å²) in [6.45, 7) is 4.11. The van der Waals surface area contributed by atoms with Gasteiger partial charge in [0.15, 0.2) is 0 Å². The van der Waals surface area contributed by atoms with Gasteiger partial charge in [0.2, 0.25) is 0 Å². The Kier molecular flexibility index (Phi) is 3.05. The summed E-state index contributed by atoms with van der Waals surface area (Å²) in [6, 6.07) is 22.1. The Morgan fingerprint density at radius 3 is 1.91 bits per heavy atom. The van der Waals surface area contributed by atoms with Crippen LogP contribution in [0.25, 0.3) is 27.4 Å². The van der Waals surface area contributed by atoms with E-state index in [2.05, 4.69) is 32.0 Å². The van der Waals surface area contributed by atoms with Crippen LogP contribution in [0.3, 0.4) is 0 Å². The van der Waals surface area contributed by atoms with Gasteiger partial charge in [0, 0.05) is 10.8 Å². The third-order valence-electron chi connectivity index (χ3n) is 4.46. The van der Waals surface area contributed by atoms with E-state index in [-0.39, 0.29) is 5.56 Å². The standard InChI is InChI=1S/C21H17NO/c1-14-8-7-9-15(2)20(14)22-19-13-6-5-11-17(19)16-10-3-4-12-18(16)21(22)23/h3-13H,1-2H3. The minimum absolute atomic E-state index is 0.0386. The molecule has 0 unspecified atom stereocenters. The summed E-state index contributed by atoms with van der Waals surface area (Å²) in [6.07, 6.45) is 0. The Bertz CT molecular complexity index is 1090. The molecule has 0 amide bonds. The number of rotatable bonds is 1. The first kappa shape index (κ1) is 13.8. The second-order valence-corrected chi connectivity index (χ2v) is 5.94. The number of hydrogen-bond donors (Lipinski definition) is 0. The topological polar surface area (TPSA) is 22.0 Å². The molecule has 0 bridgehead atoms. The second-order valence-electron chi connectivity index (χ2n) is 5.94. The Hall–Kier alpha value is -2.87. The van der Waals surface area contributed by atoms with Gasteiger partial charge in [0.25, 0.3) is 5.56 Å². The van der Waals surface area contributed by atoms with E-state index in [4.69, 9.17) is 0 Å². The van der Waals surface area contributed by atoms with E-state index in [0.717, 1.165) is 38.5 Å². The van der Waals surface area contributed by atoms with E-state index in [0.29, 0.717) is 0 Å². The molecule has 0 spiro atoms. The van der Waals surface area contributed by atoms with Crippen LogP contribution in [0.1, 0.15) is 11.1 Å². The van der Waals surface area contributed by atoms with Crippen molar-refractivity contribution in [2.45, 2.75) is 13.8 Å². The van der Waals surface area contributed by atoms with Crippen LogP contribution in [-0.4, -0.2) is 4.57 Å². The first-order valence-corrected chi connectivity index (χ1v) is 7.77. The molecule has 0 N–H and O–H groups in total. The van der Waals surface area contributed by atoms with Crippen molar-refractivity contribution in [3.63, 3.8) is 0 Å². The van der Waals surface area contributed by atoms with E-state index in [1.54, 1.807) is 0 Å². The summed E-state index contributed by atoms with van der Waals surface area (Å²) >= 11 is 0. The zero-order valence-electron chi connectivity index (χ0n) is 13.2.